The summed E-state index contributed by atoms with van der Waals surface area (Å²) in [5.41, 5.74) is 0. The molecule has 0 radical (unpaired) electrons. The van der Waals surface area contributed by atoms with Crippen molar-refractivity contribution in [1.82, 2.24) is 0 Å². The van der Waals surface area contributed by atoms with Gasteiger partial charge in [-0.25, -0.2) is 0 Å². The highest BCUT2D eigenvalue weighted by Gasteiger charge is 1.72. The van der Waals surface area contributed by atoms with Gasteiger partial charge in [-0.1, -0.05) is 18.2 Å². The third-order valence-corrected chi connectivity index (χ3v) is 0.928. The van der Waals surface area contributed by atoms with E-state index in [0.717, 1.165) is 12.8 Å². The Bertz CT molecular complexity index is 137. The molecule has 0 unspecified atom stereocenters. The lowest BCUT2D eigenvalue weighted by molar-refractivity contribution is 1.05. The predicted molar refractivity (Wildman–Crippen MR) is 38.8 cm³/mol. The first kappa shape index (κ1) is 7.97. The van der Waals surface area contributed by atoms with E-state index >= 15 is 0 Å². The second kappa shape index (κ2) is 6.97. The minimum atomic E-state index is 0.970. The summed E-state index contributed by atoms with van der Waals surface area (Å²) in [6.07, 6.45) is 9.50. The van der Waals surface area contributed by atoms with Crippen LogP contribution in [0.25, 0.3) is 0 Å². The standard InChI is InChI=1S/C8H11N/c1-2-3-4-5-6-7-8-9/h2-3,6-7H,4-5H2,1H3/b3-2?,7-6-. The quantitative estimate of drug-likeness (QED) is 0.319. The molecule has 9 heavy (non-hydrogen) atoms. The van der Waals surface area contributed by atoms with Crippen molar-refractivity contribution in [3.05, 3.63) is 24.3 Å². The molecule has 0 heterocycles. The van der Waals surface area contributed by atoms with E-state index in [4.69, 9.17) is 5.26 Å². The molecule has 0 saturated heterocycles. The predicted octanol–water partition coefficient (Wildman–Crippen LogP) is 2.42. The van der Waals surface area contributed by atoms with Gasteiger partial charge in [0.25, 0.3) is 0 Å². The molecular weight excluding hydrogens is 110 g/mol. The molecule has 0 aliphatic rings. The second-order valence-corrected chi connectivity index (χ2v) is 1.68. The molecule has 1 heteroatoms. The summed E-state index contributed by atoms with van der Waals surface area (Å²) in [5.74, 6) is 0. The Labute approximate surface area is 56.3 Å². The monoisotopic (exact) mass is 121 g/mol. The average molecular weight is 121 g/mol. The first-order valence-electron chi connectivity index (χ1n) is 3.07. The van der Waals surface area contributed by atoms with E-state index in [9.17, 15) is 0 Å². The minimum Gasteiger partial charge on any atom is -0.193 e. The molecule has 0 atom stereocenters. The van der Waals surface area contributed by atoms with Crippen LogP contribution in [0.5, 0.6) is 0 Å². The van der Waals surface area contributed by atoms with E-state index < -0.39 is 0 Å². The second-order valence-electron chi connectivity index (χ2n) is 1.68. The molecule has 0 spiro atoms. The number of rotatable bonds is 3. The molecule has 0 aromatic rings. The summed E-state index contributed by atoms with van der Waals surface area (Å²) < 4.78 is 0. The van der Waals surface area contributed by atoms with Crippen LogP contribution in [0.4, 0.5) is 0 Å². The van der Waals surface area contributed by atoms with Crippen molar-refractivity contribution in [2.45, 2.75) is 19.8 Å². The highest BCUT2D eigenvalue weighted by molar-refractivity contribution is 5.01. The average Bonchev–Trinajstić information content (AvgIpc) is 1.89. The number of allylic oxidation sites excluding steroid dienone is 4. The first-order valence-corrected chi connectivity index (χ1v) is 3.07. The first-order chi connectivity index (χ1) is 4.41. The van der Waals surface area contributed by atoms with E-state index in [1.54, 1.807) is 0 Å². The van der Waals surface area contributed by atoms with Crippen molar-refractivity contribution in [3.8, 4) is 6.07 Å². The Hall–Kier alpha value is -1.03. The zero-order valence-electron chi connectivity index (χ0n) is 5.67. The fraction of sp³-hybridized carbons (Fsp3) is 0.375. The van der Waals surface area contributed by atoms with Crippen molar-refractivity contribution in [3.63, 3.8) is 0 Å². The van der Waals surface area contributed by atoms with Crippen LogP contribution in [0, 0.1) is 11.3 Å². The summed E-state index contributed by atoms with van der Waals surface area (Å²) in [6, 6.07) is 1.94. The lowest BCUT2D eigenvalue weighted by atomic mass is 10.3. The molecule has 48 valence electrons. The third-order valence-electron chi connectivity index (χ3n) is 0.928. The molecule has 0 aliphatic heterocycles. The van der Waals surface area contributed by atoms with Gasteiger partial charge in [0, 0.05) is 6.08 Å². The van der Waals surface area contributed by atoms with Gasteiger partial charge in [0.05, 0.1) is 6.07 Å². The molecule has 0 N–H and O–H groups in total. The van der Waals surface area contributed by atoms with Gasteiger partial charge in [-0.3, -0.25) is 0 Å². The Morgan fingerprint density at radius 1 is 1.33 bits per heavy atom. The minimum absolute atomic E-state index is 0.970. The third kappa shape index (κ3) is 6.97. The van der Waals surface area contributed by atoms with Crippen molar-refractivity contribution in [2.75, 3.05) is 0 Å². The Morgan fingerprint density at radius 2 is 2.00 bits per heavy atom. The summed E-state index contributed by atoms with van der Waals surface area (Å²) in [6.45, 7) is 1.99. The Balaban J connectivity index is 3.12. The van der Waals surface area contributed by atoms with Gasteiger partial charge in [-0.15, -0.1) is 0 Å². The molecular formula is C8H11N. The van der Waals surface area contributed by atoms with E-state index in [1.807, 2.05) is 25.1 Å². The van der Waals surface area contributed by atoms with Gasteiger partial charge in [-0.05, 0) is 19.8 Å². The van der Waals surface area contributed by atoms with Crippen LogP contribution in [-0.2, 0) is 0 Å². The summed E-state index contributed by atoms with van der Waals surface area (Å²) in [7, 11) is 0. The van der Waals surface area contributed by atoms with Gasteiger partial charge in [-0.2, -0.15) is 5.26 Å². The number of unbranched alkanes of at least 4 members (excludes halogenated alkanes) is 1. The summed E-state index contributed by atoms with van der Waals surface area (Å²) in [5, 5.41) is 8.07. The van der Waals surface area contributed by atoms with Crippen LogP contribution in [0.15, 0.2) is 24.3 Å². The van der Waals surface area contributed by atoms with Crippen LogP contribution in [0.3, 0.4) is 0 Å². The molecule has 0 rings (SSSR count). The maximum absolute atomic E-state index is 8.07. The van der Waals surface area contributed by atoms with Crippen molar-refractivity contribution in [1.29, 1.82) is 5.26 Å². The maximum Gasteiger partial charge on any atom is 0.0908 e. The van der Waals surface area contributed by atoms with Crippen LogP contribution in [0.1, 0.15) is 19.8 Å². The number of hydrogen-bond donors (Lipinski definition) is 0. The van der Waals surface area contributed by atoms with Crippen molar-refractivity contribution >= 4 is 0 Å². The lowest BCUT2D eigenvalue weighted by Gasteiger charge is -1.80. The zero-order valence-corrected chi connectivity index (χ0v) is 5.67. The van der Waals surface area contributed by atoms with Crippen molar-refractivity contribution in [2.24, 2.45) is 0 Å². The summed E-state index contributed by atoms with van der Waals surface area (Å²) >= 11 is 0. The van der Waals surface area contributed by atoms with Gasteiger partial charge in [0.1, 0.15) is 0 Å². The van der Waals surface area contributed by atoms with Crippen LogP contribution in [-0.4, -0.2) is 0 Å². The van der Waals surface area contributed by atoms with Crippen molar-refractivity contribution < 1.29 is 0 Å². The van der Waals surface area contributed by atoms with E-state index in [2.05, 4.69) is 6.08 Å². The Kier molecular flexibility index (Phi) is 6.17. The smallest absolute Gasteiger partial charge is 0.0908 e. The molecule has 1 nitrogen and oxygen atoms in total. The molecule has 0 bridgehead atoms. The molecule has 0 amide bonds. The molecule has 0 aromatic heterocycles. The topological polar surface area (TPSA) is 23.8 Å². The van der Waals surface area contributed by atoms with Crippen LogP contribution in [0.2, 0.25) is 0 Å². The van der Waals surface area contributed by atoms with Crippen LogP contribution < -0.4 is 0 Å². The van der Waals surface area contributed by atoms with Gasteiger partial charge in [0.2, 0.25) is 0 Å². The molecule has 0 fully saturated rings. The van der Waals surface area contributed by atoms with E-state index in [1.165, 1.54) is 6.08 Å². The number of nitrogens with zero attached hydrogens (tertiary/aromatic N) is 1. The summed E-state index contributed by atoms with van der Waals surface area (Å²) in [4.78, 5) is 0. The van der Waals surface area contributed by atoms with Gasteiger partial charge < -0.3 is 0 Å². The highest BCUT2D eigenvalue weighted by Crippen LogP contribution is 1.91. The highest BCUT2D eigenvalue weighted by atomic mass is 14.2. The number of hydrogen-bond acceptors (Lipinski definition) is 1. The van der Waals surface area contributed by atoms with Gasteiger partial charge in [0.15, 0.2) is 0 Å². The fourth-order valence-electron chi connectivity index (χ4n) is 0.495. The molecule has 0 aromatic carbocycles. The van der Waals surface area contributed by atoms with Gasteiger partial charge >= 0.3 is 0 Å². The van der Waals surface area contributed by atoms with E-state index in [-0.39, 0.29) is 0 Å². The number of nitriles is 1. The normalized spacial score (nSPS) is 10.7. The largest absolute Gasteiger partial charge is 0.193 e. The zero-order chi connectivity index (χ0) is 6.95. The maximum atomic E-state index is 8.07. The lowest BCUT2D eigenvalue weighted by Crippen LogP contribution is -1.61. The SMILES string of the molecule is CC=CCC/C=C\C#N. The van der Waals surface area contributed by atoms with Crippen LogP contribution >= 0.6 is 0 Å². The fourth-order valence-corrected chi connectivity index (χ4v) is 0.495. The molecule has 0 aliphatic carbocycles. The molecule has 0 saturated carbocycles. The Morgan fingerprint density at radius 3 is 2.56 bits per heavy atom. The van der Waals surface area contributed by atoms with E-state index in [0.29, 0.717) is 0 Å².